The average molecular weight is 573 g/mol. The molecule has 1 heterocycles. The molecule has 0 spiro atoms. The molecule has 3 rings (SSSR count). The fourth-order valence-electron chi connectivity index (χ4n) is 2.62. The zero-order chi connectivity index (χ0) is 25.6. The van der Waals surface area contributed by atoms with Gasteiger partial charge >= 0.3 is 0 Å². The average Bonchev–Trinajstić information content (AvgIpc) is 3.21. The number of hydrogen-bond acceptors (Lipinski definition) is 8. The van der Waals surface area contributed by atoms with Gasteiger partial charge in [-0.25, -0.2) is 0 Å². The lowest BCUT2D eigenvalue weighted by atomic mass is 10.2. The van der Waals surface area contributed by atoms with Crippen LogP contribution in [-0.4, -0.2) is 36.4 Å². The van der Waals surface area contributed by atoms with Crippen molar-refractivity contribution in [2.45, 2.75) is 25.3 Å². The van der Waals surface area contributed by atoms with Crippen LogP contribution in [0.25, 0.3) is 0 Å². The number of aryl methyl sites for hydroxylation is 1. The van der Waals surface area contributed by atoms with Gasteiger partial charge in [-0.2, -0.15) is 13.4 Å². The van der Waals surface area contributed by atoms with Crippen LogP contribution >= 0.6 is 35.3 Å². The van der Waals surface area contributed by atoms with Gasteiger partial charge in [-0.1, -0.05) is 22.9 Å². The minimum atomic E-state index is -4.15. The first-order valence-electron chi connectivity index (χ1n) is 9.82. The number of hydrogen-bond donors (Lipinski definition) is 4. The van der Waals surface area contributed by atoms with E-state index in [-0.39, 0.29) is 40.9 Å². The Morgan fingerprint density at radius 1 is 1.14 bits per heavy atom. The number of halogens is 2. The highest BCUT2D eigenvalue weighted by atomic mass is 35.5. The smallest absolute Gasteiger partial charge is 0.285 e. The third kappa shape index (κ3) is 8.34. The van der Waals surface area contributed by atoms with Crippen LogP contribution in [0.1, 0.15) is 17.5 Å². The van der Waals surface area contributed by atoms with E-state index in [4.69, 9.17) is 27.8 Å². The van der Waals surface area contributed by atoms with Gasteiger partial charge in [0.15, 0.2) is 5.01 Å². The van der Waals surface area contributed by atoms with Crippen molar-refractivity contribution in [1.29, 1.82) is 0 Å². The van der Waals surface area contributed by atoms with Crippen molar-refractivity contribution in [1.82, 2.24) is 15.5 Å². The van der Waals surface area contributed by atoms with Crippen LogP contribution in [-0.2, 0) is 21.4 Å². The Hall–Kier alpha value is -3.46. The Labute approximate surface area is 222 Å². The van der Waals surface area contributed by atoms with Gasteiger partial charge in [0, 0.05) is 17.6 Å². The number of carbonyl (C=O) groups is 1. The summed E-state index contributed by atoms with van der Waals surface area (Å²) in [6, 6.07) is 11.0. The number of ether oxygens (including phenoxy) is 1. The van der Waals surface area contributed by atoms with Crippen molar-refractivity contribution >= 4 is 74.0 Å². The highest BCUT2D eigenvalue weighted by Crippen LogP contribution is 2.22. The molecular formula is C20H22Cl2N8O4S2. The van der Waals surface area contributed by atoms with E-state index in [2.05, 4.69) is 30.2 Å². The number of anilines is 1. The Bertz CT molecular complexity index is 1390. The summed E-state index contributed by atoms with van der Waals surface area (Å²) >= 11 is 6.96. The predicted octanol–water partition coefficient (Wildman–Crippen LogP) is 2.70. The molecule has 0 aliphatic heterocycles. The molecule has 36 heavy (non-hydrogen) atoms. The van der Waals surface area contributed by atoms with E-state index >= 15 is 0 Å². The number of aromatic nitrogens is 2. The maximum Gasteiger partial charge on any atom is 0.285 e. The summed E-state index contributed by atoms with van der Waals surface area (Å²) in [7, 11) is -4.15. The van der Waals surface area contributed by atoms with Crippen LogP contribution in [0.4, 0.5) is 10.8 Å². The Kier molecular flexibility index (Phi) is 9.98. The van der Waals surface area contributed by atoms with Gasteiger partial charge in [0.05, 0.1) is 4.90 Å². The number of benzene rings is 2. The minimum Gasteiger partial charge on any atom is -0.486 e. The van der Waals surface area contributed by atoms with Gasteiger partial charge in [0.2, 0.25) is 23.0 Å². The van der Waals surface area contributed by atoms with E-state index in [0.717, 1.165) is 11.3 Å². The zero-order valence-electron chi connectivity index (χ0n) is 18.9. The number of amides is 1. The molecule has 1 amide bonds. The van der Waals surface area contributed by atoms with Crippen LogP contribution in [0, 0.1) is 6.92 Å². The lowest BCUT2D eigenvalue weighted by molar-refractivity contribution is -0.114. The molecule has 0 fully saturated rings. The van der Waals surface area contributed by atoms with Gasteiger partial charge < -0.3 is 21.5 Å². The van der Waals surface area contributed by atoms with Gasteiger partial charge in [-0.15, -0.1) is 27.0 Å². The summed E-state index contributed by atoms with van der Waals surface area (Å²) in [5.74, 6) is -0.395. The molecule has 2 aromatic carbocycles. The molecular weight excluding hydrogens is 551 g/mol. The highest BCUT2D eigenvalue weighted by Gasteiger charge is 2.16. The van der Waals surface area contributed by atoms with E-state index in [1.807, 2.05) is 0 Å². The largest absolute Gasteiger partial charge is 0.486 e. The third-order valence-corrected chi connectivity index (χ3v) is 6.46. The molecule has 3 aromatic rings. The van der Waals surface area contributed by atoms with Crippen LogP contribution in [0.15, 0.2) is 56.8 Å². The van der Waals surface area contributed by atoms with Gasteiger partial charge in [-0.3, -0.25) is 10.1 Å². The number of guanidine groups is 2. The summed E-state index contributed by atoms with van der Waals surface area (Å²) in [5.41, 5.74) is 12.5. The number of nitrogens with zero attached hydrogens (tertiary/aromatic N) is 4. The second kappa shape index (κ2) is 12.5. The van der Waals surface area contributed by atoms with Crippen molar-refractivity contribution in [2.24, 2.45) is 20.9 Å². The molecule has 0 aliphatic carbocycles. The number of nitrogens with two attached hydrogens (primary N) is 2. The number of aliphatic imine (C=N–C) groups is 1. The summed E-state index contributed by atoms with van der Waals surface area (Å²) in [6.45, 7) is 3.16. The quantitative estimate of drug-likeness (QED) is 0.243. The number of nitrogens with one attached hydrogen (secondary N) is 2. The van der Waals surface area contributed by atoms with E-state index in [1.54, 1.807) is 31.2 Å². The molecule has 0 radical (unpaired) electrons. The van der Waals surface area contributed by atoms with Gasteiger partial charge in [0.1, 0.15) is 12.4 Å². The Morgan fingerprint density at radius 2 is 1.83 bits per heavy atom. The summed E-state index contributed by atoms with van der Waals surface area (Å²) in [4.78, 5) is 15.1. The summed E-state index contributed by atoms with van der Waals surface area (Å²) in [5, 5.41) is 14.2. The van der Waals surface area contributed by atoms with E-state index in [0.29, 0.717) is 27.0 Å². The number of rotatable bonds is 7. The molecule has 0 saturated carbocycles. The second-order valence-electron chi connectivity index (χ2n) is 6.95. The molecule has 1 aromatic heterocycles. The van der Waals surface area contributed by atoms with E-state index in [1.165, 1.54) is 25.1 Å². The van der Waals surface area contributed by atoms with Crippen LogP contribution in [0.3, 0.4) is 0 Å². The normalized spacial score (nSPS) is 12.0. The predicted molar refractivity (Wildman–Crippen MR) is 142 cm³/mol. The van der Waals surface area contributed by atoms with Crippen LogP contribution in [0.2, 0.25) is 5.02 Å². The number of carbonyl (C=O) groups excluding carboxylic acids is 1. The highest BCUT2D eigenvalue weighted by molar-refractivity contribution is 7.90. The minimum absolute atomic E-state index is 0. The first kappa shape index (κ1) is 28.8. The maximum absolute atomic E-state index is 12.6. The Morgan fingerprint density at radius 3 is 2.47 bits per heavy atom. The van der Waals surface area contributed by atoms with E-state index < -0.39 is 16.0 Å². The fourth-order valence-corrected chi connectivity index (χ4v) is 4.36. The van der Waals surface area contributed by atoms with Gasteiger partial charge in [-0.05, 0) is 55.0 Å². The van der Waals surface area contributed by atoms with Crippen molar-refractivity contribution in [3.05, 3.63) is 58.1 Å². The molecule has 192 valence electrons. The van der Waals surface area contributed by atoms with Gasteiger partial charge in [0.25, 0.3) is 10.0 Å². The Balaban J connectivity index is 0.00000456. The van der Waals surface area contributed by atoms with Crippen LogP contribution in [0.5, 0.6) is 5.75 Å². The van der Waals surface area contributed by atoms with Crippen molar-refractivity contribution in [3.63, 3.8) is 0 Å². The molecule has 0 aliphatic rings. The van der Waals surface area contributed by atoms with Crippen molar-refractivity contribution in [3.8, 4) is 5.75 Å². The standard InChI is InChI=1S/C20H21ClN8O4S2.ClH/c1-11-9-15(7-8-16(11)24-12(2)30)35(31,32)29-19(23)25-18(22)26-20-28-27-17(34-20)10-33-14-5-3-13(21)4-6-14;/h3-9H,10H2,1-2H3,(H,24,30)(H5,22,23,25,26,28,29);1H. The molecule has 0 bridgehead atoms. The summed E-state index contributed by atoms with van der Waals surface area (Å²) < 4.78 is 34.2. The topological polar surface area (TPSA) is 187 Å². The third-order valence-electron chi connectivity index (χ3n) is 4.13. The fraction of sp³-hybridized carbons (Fsp3) is 0.150. The zero-order valence-corrected chi connectivity index (χ0v) is 22.1. The lowest BCUT2D eigenvalue weighted by Crippen LogP contribution is -2.41. The first-order valence-corrected chi connectivity index (χ1v) is 12.5. The molecule has 0 saturated heterocycles. The monoisotopic (exact) mass is 572 g/mol. The van der Waals surface area contributed by atoms with Crippen molar-refractivity contribution < 1.29 is 17.9 Å². The summed E-state index contributed by atoms with van der Waals surface area (Å²) in [6.07, 6.45) is 0. The van der Waals surface area contributed by atoms with Crippen molar-refractivity contribution in [2.75, 3.05) is 5.32 Å². The molecule has 6 N–H and O–H groups in total. The number of sulfonamides is 1. The molecule has 0 atom stereocenters. The maximum atomic E-state index is 12.6. The molecule has 0 unspecified atom stereocenters. The SMILES string of the molecule is CC(=O)Nc1ccc(S(=O)(=O)/N=C(/N)N/C(N)=N/c2nnc(COc3ccc(Cl)cc3)s2)cc1C.Cl. The van der Waals surface area contributed by atoms with E-state index in [9.17, 15) is 13.2 Å². The molecule has 16 heteroatoms. The van der Waals surface area contributed by atoms with Crippen LogP contribution < -0.4 is 26.8 Å². The molecule has 12 nitrogen and oxygen atoms in total. The first-order chi connectivity index (χ1) is 16.5. The second-order valence-corrected chi connectivity index (χ2v) is 10.0. The lowest BCUT2D eigenvalue weighted by Gasteiger charge is -2.08.